The molecule has 0 radical (unpaired) electrons. The zero-order chi connectivity index (χ0) is 19.6. The van der Waals surface area contributed by atoms with Crippen LogP contribution in [0.2, 0.25) is 5.02 Å². The Bertz CT molecular complexity index is 899. The molecule has 0 bridgehead atoms. The van der Waals surface area contributed by atoms with E-state index in [1.165, 1.54) is 5.56 Å². The monoisotopic (exact) mass is 382 g/mol. The molecule has 0 aromatic heterocycles. The van der Waals surface area contributed by atoms with E-state index in [0.29, 0.717) is 0 Å². The summed E-state index contributed by atoms with van der Waals surface area (Å²) in [7, 11) is 0. The first-order valence-electron chi connectivity index (χ1n) is 9.58. The first-order chi connectivity index (χ1) is 12.9. The molecule has 0 saturated heterocycles. The van der Waals surface area contributed by atoms with Gasteiger partial charge in [0.25, 0.3) is 0 Å². The van der Waals surface area contributed by atoms with Gasteiger partial charge in [0.1, 0.15) is 5.75 Å². The number of phenolic OH excluding ortho intramolecular Hbond substituents is 1. The smallest absolute Gasteiger partial charge is 0.124 e. The number of allylic oxidation sites excluding steroid dienone is 1. The zero-order valence-corrected chi connectivity index (χ0v) is 17.2. The predicted molar refractivity (Wildman–Crippen MR) is 117 cm³/mol. The number of phenols is 1. The Morgan fingerprint density at radius 2 is 1.81 bits per heavy atom. The zero-order valence-electron chi connectivity index (χ0n) is 16.5. The topological polar surface area (TPSA) is 35.8 Å². The number of hydrogen-bond acceptors (Lipinski definition) is 3. The average Bonchev–Trinajstić information content (AvgIpc) is 2.94. The van der Waals surface area contributed by atoms with Gasteiger partial charge in [-0.25, -0.2) is 0 Å². The van der Waals surface area contributed by atoms with Gasteiger partial charge in [-0.15, -0.1) is 0 Å². The lowest BCUT2D eigenvalue weighted by atomic mass is 9.77. The van der Waals surface area contributed by atoms with Gasteiger partial charge in [-0.3, -0.25) is 4.99 Å². The van der Waals surface area contributed by atoms with Crippen LogP contribution in [0.5, 0.6) is 5.75 Å². The highest BCUT2D eigenvalue weighted by atomic mass is 35.5. The summed E-state index contributed by atoms with van der Waals surface area (Å²) in [4.78, 5) is 7.03. The summed E-state index contributed by atoms with van der Waals surface area (Å²) in [6.45, 7) is 10.4. The van der Waals surface area contributed by atoms with Gasteiger partial charge in [-0.1, -0.05) is 18.5 Å². The maximum atomic E-state index is 10.5. The van der Waals surface area contributed by atoms with Crippen LogP contribution in [0.3, 0.4) is 0 Å². The SMILES string of the molecule is CCN(CC)c1ccc(/C=C/C2=Nc3ccc(Cl)cc3C2(C)CC)c(O)c1. The molecule has 1 heterocycles. The molecule has 2 aromatic rings. The summed E-state index contributed by atoms with van der Waals surface area (Å²) >= 11 is 6.21. The molecule has 0 aliphatic carbocycles. The molecule has 1 aliphatic heterocycles. The maximum Gasteiger partial charge on any atom is 0.124 e. The standard InChI is InChI=1S/C23H27ClN2O/c1-5-23(4)19-14-17(24)10-12-20(19)25-22(23)13-9-16-8-11-18(15-21(16)27)26(6-2)7-3/h8-15,27H,5-7H2,1-4H3/b13-9+. The number of benzene rings is 2. The normalized spacial score (nSPS) is 18.6. The summed E-state index contributed by atoms with van der Waals surface area (Å²) < 4.78 is 0. The van der Waals surface area contributed by atoms with Gasteiger partial charge in [0, 0.05) is 40.8 Å². The molecule has 4 heteroatoms. The van der Waals surface area contributed by atoms with Gasteiger partial charge in [-0.05, 0) is 75.2 Å². The van der Waals surface area contributed by atoms with Crippen molar-refractivity contribution in [2.24, 2.45) is 4.99 Å². The Labute approximate surface area is 167 Å². The van der Waals surface area contributed by atoms with Crippen molar-refractivity contribution in [1.29, 1.82) is 0 Å². The second-order valence-corrected chi connectivity index (χ2v) is 7.53. The van der Waals surface area contributed by atoms with Gasteiger partial charge in [0.05, 0.1) is 11.4 Å². The predicted octanol–water partition coefficient (Wildman–Crippen LogP) is 6.36. The van der Waals surface area contributed by atoms with Crippen molar-refractivity contribution in [3.8, 4) is 5.75 Å². The van der Waals surface area contributed by atoms with E-state index in [2.05, 4.69) is 38.7 Å². The maximum absolute atomic E-state index is 10.5. The number of halogens is 1. The number of hydrogen-bond donors (Lipinski definition) is 1. The Hall–Kier alpha value is -2.26. The fourth-order valence-electron chi connectivity index (χ4n) is 3.66. The van der Waals surface area contributed by atoms with Crippen LogP contribution in [0.15, 0.2) is 47.5 Å². The van der Waals surface area contributed by atoms with E-state index in [1.54, 1.807) is 0 Å². The van der Waals surface area contributed by atoms with Crippen LogP contribution in [-0.2, 0) is 5.41 Å². The van der Waals surface area contributed by atoms with Crippen LogP contribution in [0.25, 0.3) is 6.08 Å². The van der Waals surface area contributed by atoms with E-state index in [4.69, 9.17) is 16.6 Å². The molecule has 1 N–H and O–H groups in total. The van der Waals surface area contributed by atoms with Crippen molar-refractivity contribution in [2.75, 3.05) is 18.0 Å². The largest absolute Gasteiger partial charge is 0.507 e. The molecule has 2 aromatic carbocycles. The molecule has 0 amide bonds. The molecule has 1 unspecified atom stereocenters. The van der Waals surface area contributed by atoms with Crippen LogP contribution in [0, 0.1) is 0 Å². The molecule has 142 valence electrons. The number of aromatic hydroxyl groups is 1. The van der Waals surface area contributed by atoms with Crippen LogP contribution in [0.1, 0.15) is 45.2 Å². The van der Waals surface area contributed by atoms with E-state index < -0.39 is 0 Å². The second-order valence-electron chi connectivity index (χ2n) is 7.09. The number of rotatable bonds is 6. The first kappa shape index (κ1) is 19.5. The van der Waals surface area contributed by atoms with Gasteiger partial charge < -0.3 is 10.0 Å². The van der Waals surface area contributed by atoms with Crippen LogP contribution >= 0.6 is 11.6 Å². The Morgan fingerprint density at radius 1 is 1.07 bits per heavy atom. The number of nitrogens with zero attached hydrogens (tertiary/aromatic N) is 2. The molecule has 0 spiro atoms. The van der Waals surface area contributed by atoms with Crippen molar-refractivity contribution < 1.29 is 5.11 Å². The lowest BCUT2D eigenvalue weighted by molar-refractivity contribution is 0.474. The van der Waals surface area contributed by atoms with E-state index in [-0.39, 0.29) is 11.2 Å². The van der Waals surface area contributed by atoms with Gasteiger partial charge >= 0.3 is 0 Å². The highest BCUT2D eigenvalue weighted by molar-refractivity contribution is 6.31. The van der Waals surface area contributed by atoms with Gasteiger partial charge in [-0.2, -0.15) is 0 Å². The summed E-state index contributed by atoms with van der Waals surface area (Å²) in [6, 6.07) is 11.7. The summed E-state index contributed by atoms with van der Waals surface area (Å²) in [5.74, 6) is 0.285. The lowest BCUT2D eigenvalue weighted by Crippen LogP contribution is -2.27. The fraction of sp³-hybridized carbons (Fsp3) is 0.348. The second kappa shape index (κ2) is 7.77. The molecule has 0 fully saturated rings. The molecule has 1 aliphatic rings. The minimum Gasteiger partial charge on any atom is -0.507 e. The van der Waals surface area contributed by atoms with Crippen molar-refractivity contribution in [1.82, 2.24) is 0 Å². The van der Waals surface area contributed by atoms with Crippen LogP contribution in [0.4, 0.5) is 11.4 Å². The molecule has 3 nitrogen and oxygen atoms in total. The first-order valence-corrected chi connectivity index (χ1v) is 9.96. The Morgan fingerprint density at radius 3 is 2.44 bits per heavy atom. The van der Waals surface area contributed by atoms with Crippen molar-refractivity contribution in [3.05, 3.63) is 58.6 Å². The third kappa shape index (κ3) is 3.61. The highest BCUT2D eigenvalue weighted by Crippen LogP contribution is 2.44. The summed E-state index contributed by atoms with van der Waals surface area (Å²) in [5.41, 5.74) is 4.79. The number of fused-ring (bicyclic) bond motifs is 1. The quantitative estimate of drug-likeness (QED) is 0.630. The van der Waals surface area contributed by atoms with E-state index in [1.807, 2.05) is 42.5 Å². The lowest BCUT2D eigenvalue weighted by Gasteiger charge is -2.24. The van der Waals surface area contributed by atoms with Crippen molar-refractivity contribution in [3.63, 3.8) is 0 Å². The van der Waals surface area contributed by atoms with Crippen molar-refractivity contribution in [2.45, 2.75) is 39.5 Å². The Kier molecular flexibility index (Phi) is 5.61. The van der Waals surface area contributed by atoms with E-state index in [9.17, 15) is 5.11 Å². The molecular formula is C23H27ClN2O. The van der Waals surface area contributed by atoms with E-state index >= 15 is 0 Å². The third-order valence-corrected chi connectivity index (χ3v) is 5.86. The van der Waals surface area contributed by atoms with Gasteiger partial charge in [0.2, 0.25) is 0 Å². The molecule has 1 atom stereocenters. The van der Waals surface area contributed by atoms with Crippen LogP contribution < -0.4 is 4.90 Å². The van der Waals surface area contributed by atoms with Crippen LogP contribution in [-0.4, -0.2) is 23.9 Å². The Balaban J connectivity index is 1.90. The third-order valence-electron chi connectivity index (χ3n) is 5.63. The highest BCUT2D eigenvalue weighted by Gasteiger charge is 2.36. The minimum atomic E-state index is -0.173. The fourth-order valence-corrected chi connectivity index (χ4v) is 3.83. The molecule has 3 rings (SSSR count). The van der Waals surface area contributed by atoms with E-state index in [0.717, 1.165) is 47.2 Å². The molecule has 0 saturated carbocycles. The summed E-state index contributed by atoms with van der Waals surface area (Å²) in [6.07, 6.45) is 4.89. The van der Waals surface area contributed by atoms with Crippen molar-refractivity contribution >= 4 is 34.8 Å². The molecule has 27 heavy (non-hydrogen) atoms. The number of anilines is 1. The molecular weight excluding hydrogens is 356 g/mol. The number of aliphatic imine (C=N–C) groups is 1. The van der Waals surface area contributed by atoms with Gasteiger partial charge in [0.15, 0.2) is 0 Å². The average molecular weight is 383 g/mol. The summed E-state index contributed by atoms with van der Waals surface area (Å²) in [5, 5.41) is 11.2. The minimum absolute atomic E-state index is 0.173.